The second-order valence-corrected chi connectivity index (χ2v) is 6.49. The molecular weight excluding hydrogens is 386 g/mol. The smallest absolute Gasteiger partial charge is 0.414 e. The second kappa shape index (κ2) is 15.5. The summed E-state index contributed by atoms with van der Waals surface area (Å²) in [6.07, 6.45) is 2.25. The molecule has 1 aromatic rings. The molecule has 0 fully saturated rings. The van der Waals surface area contributed by atoms with E-state index in [4.69, 9.17) is 18.9 Å². The van der Waals surface area contributed by atoms with Crippen molar-refractivity contribution in [1.29, 1.82) is 0 Å². The molecule has 0 bridgehead atoms. The summed E-state index contributed by atoms with van der Waals surface area (Å²) in [4.78, 5) is 26.5. The van der Waals surface area contributed by atoms with Crippen molar-refractivity contribution in [2.45, 2.75) is 59.9 Å². The highest BCUT2D eigenvalue weighted by molar-refractivity contribution is 5.89. The number of carbonyl (C=O) groups is 2. The van der Waals surface area contributed by atoms with Gasteiger partial charge in [-0.2, -0.15) is 0 Å². The maximum atomic E-state index is 12.8. The van der Waals surface area contributed by atoms with Gasteiger partial charge in [0.05, 0.1) is 12.2 Å². The van der Waals surface area contributed by atoms with Crippen molar-refractivity contribution in [3.63, 3.8) is 0 Å². The first-order chi connectivity index (χ1) is 14.5. The van der Waals surface area contributed by atoms with Gasteiger partial charge in [0.25, 0.3) is 0 Å². The lowest BCUT2D eigenvalue weighted by Crippen LogP contribution is -2.32. The summed E-state index contributed by atoms with van der Waals surface area (Å²) in [5.74, 6) is -0.425. The number of amides is 1. The van der Waals surface area contributed by atoms with Crippen molar-refractivity contribution < 1.29 is 28.5 Å². The number of carbonyl (C=O) groups excluding carboxylic acids is 2. The first-order valence-corrected chi connectivity index (χ1v) is 10.6. The zero-order valence-electron chi connectivity index (χ0n) is 18.6. The Morgan fingerprint density at radius 1 is 0.967 bits per heavy atom. The molecule has 0 unspecified atom stereocenters. The maximum absolute atomic E-state index is 12.8. The summed E-state index contributed by atoms with van der Waals surface area (Å²) < 4.78 is 21.7. The van der Waals surface area contributed by atoms with E-state index in [0.29, 0.717) is 31.6 Å². The highest BCUT2D eigenvalue weighted by atomic mass is 16.7. The zero-order valence-corrected chi connectivity index (χ0v) is 18.6. The monoisotopic (exact) mass is 421 g/mol. The highest BCUT2D eigenvalue weighted by Gasteiger charge is 2.20. The average molecular weight is 422 g/mol. The molecule has 0 saturated carbocycles. The summed E-state index contributed by atoms with van der Waals surface area (Å²) in [5.41, 5.74) is 1.32. The number of rotatable bonds is 14. The SMILES string of the molecule is CCC/C(=C\N(CCC(OCC)OCC)C(=O)OCc1ccccc1)C(=O)OCC. The van der Waals surface area contributed by atoms with E-state index in [1.54, 1.807) is 6.92 Å². The summed E-state index contributed by atoms with van der Waals surface area (Å²) >= 11 is 0. The summed E-state index contributed by atoms with van der Waals surface area (Å²) in [7, 11) is 0. The number of hydrogen-bond acceptors (Lipinski definition) is 6. The Hall–Kier alpha value is -2.38. The third kappa shape index (κ3) is 9.89. The van der Waals surface area contributed by atoms with Gasteiger partial charge in [-0.3, -0.25) is 4.90 Å². The number of nitrogens with zero attached hydrogens (tertiary/aromatic N) is 1. The van der Waals surface area contributed by atoms with Gasteiger partial charge >= 0.3 is 12.1 Å². The number of ether oxygens (including phenoxy) is 4. The molecule has 0 atom stereocenters. The van der Waals surface area contributed by atoms with Crippen LogP contribution >= 0.6 is 0 Å². The molecule has 1 rings (SSSR count). The summed E-state index contributed by atoms with van der Waals surface area (Å²) in [6, 6.07) is 9.44. The van der Waals surface area contributed by atoms with Crippen molar-refractivity contribution in [3.8, 4) is 0 Å². The minimum atomic E-state index is -0.538. The van der Waals surface area contributed by atoms with E-state index >= 15 is 0 Å². The van der Waals surface area contributed by atoms with E-state index in [0.717, 1.165) is 12.0 Å². The fraction of sp³-hybridized carbons (Fsp3) is 0.565. The van der Waals surface area contributed by atoms with Crippen LogP contribution in [-0.4, -0.2) is 49.6 Å². The predicted octanol–water partition coefficient (Wildman–Crippen LogP) is 4.66. The van der Waals surface area contributed by atoms with Crippen LogP contribution in [0.25, 0.3) is 0 Å². The van der Waals surface area contributed by atoms with E-state index in [1.165, 1.54) is 11.1 Å². The summed E-state index contributed by atoms with van der Waals surface area (Å²) in [5, 5.41) is 0. The van der Waals surface area contributed by atoms with Crippen LogP contribution in [0.1, 0.15) is 52.5 Å². The number of hydrogen-bond donors (Lipinski definition) is 0. The van der Waals surface area contributed by atoms with Gasteiger partial charge < -0.3 is 18.9 Å². The van der Waals surface area contributed by atoms with Gasteiger partial charge in [0.15, 0.2) is 6.29 Å². The van der Waals surface area contributed by atoms with Gasteiger partial charge in [-0.15, -0.1) is 0 Å². The molecule has 0 radical (unpaired) electrons. The Balaban J connectivity index is 2.95. The molecule has 0 spiro atoms. The van der Waals surface area contributed by atoms with Gasteiger partial charge in [0, 0.05) is 32.4 Å². The fourth-order valence-electron chi connectivity index (χ4n) is 2.74. The Kier molecular flexibility index (Phi) is 13.2. The minimum absolute atomic E-state index is 0.146. The number of esters is 1. The van der Waals surface area contributed by atoms with Gasteiger partial charge in [-0.25, -0.2) is 9.59 Å². The molecule has 7 nitrogen and oxygen atoms in total. The maximum Gasteiger partial charge on any atom is 0.414 e. The lowest BCUT2D eigenvalue weighted by Gasteiger charge is -2.23. The van der Waals surface area contributed by atoms with Gasteiger partial charge in [0.1, 0.15) is 6.61 Å². The lowest BCUT2D eigenvalue weighted by molar-refractivity contribution is -0.140. The second-order valence-electron chi connectivity index (χ2n) is 6.49. The first-order valence-electron chi connectivity index (χ1n) is 10.6. The molecule has 0 heterocycles. The van der Waals surface area contributed by atoms with Crippen LogP contribution in [0, 0.1) is 0 Å². The summed E-state index contributed by atoms with van der Waals surface area (Å²) in [6.45, 7) is 9.20. The van der Waals surface area contributed by atoms with E-state index in [2.05, 4.69) is 0 Å². The van der Waals surface area contributed by atoms with Crippen molar-refractivity contribution in [3.05, 3.63) is 47.7 Å². The van der Waals surface area contributed by atoms with E-state index < -0.39 is 18.4 Å². The third-order valence-electron chi connectivity index (χ3n) is 4.12. The van der Waals surface area contributed by atoms with Crippen LogP contribution in [-0.2, 0) is 30.3 Å². The molecule has 0 aliphatic heterocycles. The largest absolute Gasteiger partial charge is 0.463 e. The quantitative estimate of drug-likeness (QED) is 0.247. The van der Waals surface area contributed by atoms with Crippen molar-refractivity contribution in [2.75, 3.05) is 26.4 Å². The van der Waals surface area contributed by atoms with Crippen molar-refractivity contribution >= 4 is 12.1 Å². The predicted molar refractivity (Wildman–Crippen MR) is 115 cm³/mol. The van der Waals surface area contributed by atoms with Gasteiger partial charge in [-0.05, 0) is 32.8 Å². The zero-order chi connectivity index (χ0) is 22.2. The topological polar surface area (TPSA) is 74.3 Å². The number of benzene rings is 1. The third-order valence-corrected chi connectivity index (χ3v) is 4.12. The molecule has 1 aromatic carbocycles. The Labute approximate surface area is 179 Å². The van der Waals surface area contributed by atoms with Gasteiger partial charge in [0.2, 0.25) is 0 Å². The van der Waals surface area contributed by atoms with Crippen LogP contribution in [0.3, 0.4) is 0 Å². The van der Waals surface area contributed by atoms with E-state index in [9.17, 15) is 9.59 Å². The molecule has 0 aliphatic carbocycles. The van der Waals surface area contributed by atoms with E-state index in [-0.39, 0.29) is 19.8 Å². The van der Waals surface area contributed by atoms with Crippen LogP contribution < -0.4 is 0 Å². The van der Waals surface area contributed by atoms with E-state index in [1.807, 2.05) is 51.1 Å². The molecule has 30 heavy (non-hydrogen) atoms. The standard InChI is InChI=1S/C23H35NO6/c1-5-12-20(22(25)29-8-4)17-24(16-15-21(27-6-2)28-7-3)23(26)30-18-19-13-10-9-11-14-19/h9-11,13-14,17,21H,5-8,12,15-16,18H2,1-4H3/b20-17+. The fourth-order valence-corrected chi connectivity index (χ4v) is 2.74. The van der Waals surface area contributed by atoms with Crippen LogP contribution in [0.5, 0.6) is 0 Å². The lowest BCUT2D eigenvalue weighted by atomic mass is 10.1. The Bertz CT molecular complexity index is 640. The Morgan fingerprint density at radius 3 is 2.20 bits per heavy atom. The molecule has 7 heteroatoms. The van der Waals surface area contributed by atoms with Crippen molar-refractivity contribution in [2.24, 2.45) is 0 Å². The highest BCUT2D eigenvalue weighted by Crippen LogP contribution is 2.13. The molecule has 1 amide bonds. The molecule has 168 valence electrons. The van der Waals surface area contributed by atoms with Crippen LogP contribution in [0.15, 0.2) is 42.1 Å². The minimum Gasteiger partial charge on any atom is -0.463 e. The van der Waals surface area contributed by atoms with Crippen LogP contribution in [0.4, 0.5) is 4.79 Å². The van der Waals surface area contributed by atoms with Crippen LogP contribution in [0.2, 0.25) is 0 Å². The first kappa shape index (κ1) is 25.7. The normalized spacial score (nSPS) is 11.4. The molecular formula is C23H35NO6. The average Bonchev–Trinajstić information content (AvgIpc) is 2.75. The van der Waals surface area contributed by atoms with Gasteiger partial charge in [-0.1, -0.05) is 43.7 Å². The molecule has 0 aliphatic rings. The Morgan fingerprint density at radius 2 is 1.63 bits per heavy atom. The van der Waals surface area contributed by atoms with Crippen molar-refractivity contribution in [1.82, 2.24) is 4.90 Å². The molecule has 0 aromatic heterocycles. The molecule has 0 N–H and O–H groups in total. The molecule has 0 saturated heterocycles.